The quantitative estimate of drug-likeness (QED) is 0.373. The summed E-state index contributed by atoms with van der Waals surface area (Å²) in [4.78, 5) is 15.4. The van der Waals surface area contributed by atoms with Crippen molar-refractivity contribution in [2.45, 2.75) is 37.6 Å². The fraction of sp³-hybridized carbons (Fsp3) is 0.370. The average Bonchev–Trinajstić information content (AvgIpc) is 3.44. The van der Waals surface area contributed by atoms with Gasteiger partial charge in [-0.1, -0.05) is 52.4 Å². The molecular formula is C27H26BrNO2. The van der Waals surface area contributed by atoms with Crippen molar-refractivity contribution in [3.63, 3.8) is 0 Å². The maximum atomic E-state index is 12.7. The predicted octanol–water partition coefficient (Wildman–Crippen LogP) is 6.52. The molecule has 4 aliphatic rings. The van der Waals surface area contributed by atoms with E-state index in [2.05, 4.69) is 81.5 Å². The van der Waals surface area contributed by atoms with Crippen LogP contribution < -0.4 is 4.90 Å². The van der Waals surface area contributed by atoms with Crippen LogP contribution in [0.3, 0.4) is 0 Å². The molecule has 158 valence electrons. The zero-order valence-electron chi connectivity index (χ0n) is 17.6. The van der Waals surface area contributed by atoms with Crippen molar-refractivity contribution >= 4 is 27.6 Å². The molecule has 0 saturated carbocycles. The van der Waals surface area contributed by atoms with Gasteiger partial charge in [0.1, 0.15) is 0 Å². The molecule has 0 radical (unpaired) electrons. The first-order valence-corrected chi connectivity index (χ1v) is 12.2. The third kappa shape index (κ3) is 2.95. The van der Waals surface area contributed by atoms with Crippen LogP contribution in [-0.4, -0.2) is 19.1 Å². The maximum absolute atomic E-state index is 12.7. The van der Waals surface area contributed by atoms with Gasteiger partial charge >= 0.3 is 5.97 Å². The third-order valence-electron chi connectivity index (χ3n) is 7.57. The summed E-state index contributed by atoms with van der Waals surface area (Å²) in [5.74, 6) is 1.60. The number of fused-ring (bicyclic) bond motifs is 4. The highest BCUT2D eigenvalue weighted by Crippen LogP contribution is 2.59. The van der Waals surface area contributed by atoms with Crippen LogP contribution in [0.15, 0.2) is 65.2 Å². The fourth-order valence-electron chi connectivity index (χ4n) is 6.35. The van der Waals surface area contributed by atoms with E-state index in [4.69, 9.17) is 4.74 Å². The van der Waals surface area contributed by atoms with E-state index < -0.39 is 0 Å². The molecule has 31 heavy (non-hydrogen) atoms. The standard InChI is InChI=1S/C27H26BrNO2/c1-2-31-27(30)18-13-23-20-6-3-5-17(20)15-29-25(16-9-11-19(28)12-10-16)22-8-4-7-21(22)24(14-18)26(23)29/h3-4,6-7,9-14,17,20-22,25H,2,5,8,15H2,1H3/t17-,20+,21+,22+,25+/m1/s1. The number of hydrogen-bond donors (Lipinski definition) is 0. The van der Waals surface area contributed by atoms with Gasteiger partial charge in [-0.2, -0.15) is 0 Å². The van der Waals surface area contributed by atoms with Gasteiger partial charge < -0.3 is 9.64 Å². The second kappa shape index (κ2) is 7.37. The molecule has 0 saturated heterocycles. The topological polar surface area (TPSA) is 29.5 Å². The van der Waals surface area contributed by atoms with Crippen molar-refractivity contribution in [1.29, 1.82) is 0 Å². The van der Waals surface area contributed by atoms with Gasteiger partial charge in [-0.25, -0.2) is 4.79 Å². The summed E-state index contributed by atoms with van der Waals surface area (Å²) < 4.78 is 6.51. The predicted molar refractivity (Wildman–Crippen MR) is 127 cm³/mol. The number of anilines is 1. The molecule has 2 aromatic rings. The van der Waals surface area contributed by atoms with E-state index >= 15 is 0 Å². The van der Waals surface area contributed by atoms with Crippen molar-refractivity contribution < 1.29 is 9.53 Å². The Hall–Kier alpha value is -2.33. The Morgan fingerprint density at radius 3 is 2.55 bits per heavy atom. The minimum absolute atomic E-state index is 0.203. The molecule has 0 unspecified atom stereocenters. The first-order chi connectivity index (χ1) is 15.2. The van der Waals surface area contributed by atoms with E-state index in [-0.39, 0.29) is 5.97 Å². The second-order valence-corrected chi connectivity index (χ2v) is 10.1. The van der Waals surface area contributed by atoms with Crippen molar-refractivity contribution in [1.82, 2.24) is 0 Å². The Morgan fingerprint density at radius 1 is 1.06 bits per heavy atom. The van der Waals surface area contributed by atoms with Gasteiger partial charge in [0.05, 0.1) is 18.2 Å². The number of carbonyl (C=O) groups excluding carboxylic acids is 1. The number of rotatable bonds is 3. The lowest BCUT2D eigenvalue weighted by molar-refractivity contribution is 0.0526. The number of allylic oxidation sites excluding steroid dienone is 4. The lowest BCUT2D eigenvalue weighted by atomic mass is 9.70. The molecule has 2 aliphatic heterocycles. The van der Waals surface area contributed by atoms with E-state index in [1.165, 1.54) is 22.4 Å². The summed E-state index contributed by atoms with van der Waals surface area (Å²) in [6.45, 7) is 3.34. The molecule has 5 atom stereocenters. The normalized spacial score (nSPS) is 29.5. The van der Waals surface area contributed by atoms with Crippen molar-refractivity contribution in [3.8, 4) is 0 Å². The van der Waals surface area contributed by atoms with Crippen molar-refractivity contribution in [2.75, 3.05) is 18.1 Å². The summed E-state index contributed by atoms with van der Waals surface area (Å²) >= 11 is 3.60. The SMILES string of the molecule is CCOC(=O)c1cc2c3c(c1)[C@H]1C=CC[C@@H]1[C@H](c1ccc(Br)cc1)N3C[C@H]1CC=C[C@H]21. The molecule has 0 amide bonds. The van der Waals surface area contributed by atoms with E-state index in [0.717, 1.165) is 23.9 Å². The molecular weight excluding hydrogens is 450 g/mol. The highest BCUT2D eigenvalue weighted by Gasteiger charge is 2.48. The van der Waals surface area contributed by atoms with Gasteiger partial charge in [-0.15, -0.1) is 0 Å². The molecule has 0 fully saturated rings. The lowest BCUT2D eigenvalue weighted by Crippen LogP contribution is -2.46. The van der Waals surface area contributed by atoms with Crippen molar-refractivity contribution in [3.05, 3.63) is 87.4 Å². The molecule has 0 bridgehead atoms. The summed E-state index contributed by atoms with van der Waals surface area (Å²) in [5, 5.41) is 0. The summed E-state index contributed by atoms with van der Waals surface area (Å²) in [6, 6.07) is 13.5. The van der Waals surface area contributed by atoms with E-state index in [9.17, 15) is 4.79 Å². The molecule has 2 aliphatic carbocycles. The number of benzene rings is 2. The number of nitrogens with zero attached hydrogens (tertiary/aromatic N) is 1. The number of carbonyl (C=O) groups is 1. The minimum atomic E-state index is -0.203. The highest BCUT2D eigenvalue weighted by molar-refractivity contribution is 9.10. The first kappa shape index (κ1) is 19.4. The van der Waals surface area contributed by atoms with Crippen LogP contribution in [0.1, 0.15) is 64.7 Å². The van der Waals surface area contributed by atoms with Crippen molar-refractivity contribution in [2.24, 2.45) is 11.8 Å². The maximum Gasteiger partial charge on any atom is 0.338 e. The Morgan fingerprint density at radius 2 is 1.77 bits per heavy atom. The van der Waals surface area contributed by atoms with E-state index in [0.29, 0.717) is 41.9 Å². The molecule has 2 aromatic carbocycles. The lowest BCUT2D eigenvalue weighted by Gasteiger charge is -2.51. The molecule has 0 spiro atoms. The van der Waals surface area contributed by atoms with Gasteiger partial charge in [0.25, 0.3) is 0 Å². The number of ether oxygens (including phenoxy) is 1. The van der Waals surface area contributed by atoms with E-state index in [1.807, 2.05) is 6.92 Å². The largest absolute Gasteiger partial charge is 0.462 e. The van der Waals surface area contributed by atoms with E-state index in [1.54, 1.807) is 0 Å². The molecule has 0 aromatic heterocycles. The molecule has 6 rings (SSSR count). The number of esters is 1. The van der Waals surface area contributed by atoms with Crippen LogP contribution in [0.4, 0.5) is 5.69 Å². The Bertz CT molecular complexity index is 1090. The highest BCUT2D eigenvalue weighted by atomic mass is 79.9. The average molecular weight is 476 g/mol. The van der Waals surface area contributed by atoms with Crippen LogP contribution in [0.25, 0.3) is 0 Å². The van der Waals surface area contributed by atoms with Crippen LogP contribution in [0.2, 0.25) is 0 Å². The molecule has 0 N–H and O–H groups in total. The third-order valence-corrected chi connectivity index (χ3v) is 8.10. The minimum Gasteiger partial charge on any atom is -0.462 e. The number of halogens is 1. The smallest absolute Gasteiger partial charge is 0.338 e. The van der Waals surface area contributed by atoms with Crippen LogP contribution in [0.5, 0.6) is 0 Å². The van der Waals surface area contributed by atoms with Crippen LogP contribution in [-0.2, 0) is 4.74 Å². The van der Waals surface area contributed by atoms with Crippen LogP contribution in [0, 0.1) is 11.8 Å². The van der Waals surface area contributed by atoms with Gasteiger partial charge in [0.2, 0.25) is 0 Å². The van der Waals surface area contributed by atoms with Gasteiger partial charge in [0, 0.05) is 28.5 Å². The zero-order valence-corrected chi connectivity index (χ0v) is 19.2. The zero-order chi connectivity index (χ0) is 21.1. The summed E-state index contributed by atoms with van der Waals surface area (Å²) in [6.07, 6.45) is 11.6. The second-order valence-electron chi connectivity index (χ2n) is 9.18. The summed E-state index contributed by atoms with van der Waals surface area (Å²) in [5.41, 5.74) is 6.08. The fourth-order valence-corrected chi connectivity index (χ4v) is 6.61. The molecule has 4 heteroatoms. The first-order valence-electron chi connectivity index (χ1n) is 11.4. The van der Waals surface area contributed by atoms with Gasteiger partial charge in [-0.05, 0) is 72.6 Å². The number of hydrogen-bond acceptors (Lipinski definition) is 3. The van der Waals surface area contributed by atoms with Crippen LogP contribution >= 0.6 is 15.9 Å². The Labute approximate surface area is 191 Å². The Balaban J connectivity index is 1.56. The summed E-state index contributed by atoms with van der Waals surface area (Å²) in [7, 11) is 0. The Kier molecular flexibility index (Phi) is 4.60. The van der Waals surface area contributed by atoms with Gasteiger partial charge in [-0.3, -0.25) is 0 Å². The molecule has 2 heterocycles. The monoisotopic (exact) mass is 475 g/mol. The molecule has 3 nitrogen and oxygen atoms in total. The van der Waals surface area contributed by atoms with Gasteiger partial charge in [0.15, 0.2) is 0 Å².